The van der Waals surface area contributed by atoms with Gasteiger partial charge in [0.25, 0.3) is 0 Å². The lowest BCUT2D eigenvalue weighted by Crippen LogP contribution is -2.30. The highest BCUT2D eigenvalue weighted by atomic mass is 16.6. The van der Waals surface area contributed by atoms with Crippen molar-refractivity contribution in [3.63, 3.8) is 0 Å². The maximum Gasteiger partial charge on any atom is 0.330 e. The van der Waals surface area contributed by atoms with Crippen LogP contribution in [0.3, 0.4) is 0 Å². The number of hydrogen-bond donors (Lipinski definition) is 2. The Morgan fingerprint density at radius 3 is 2.80 bits per heavy atom. The SMILES string of the molecule is C=C1CCC[C@@H]2CC=C[C@@H](C/C=C/C(=O)O[C@H]([C@@H](O)C=C[C@@H]3CC(C)=CCO3)C/C=C/[C@@H](O)C1)O2. The highest BCUT2D eigenvalue weighted by Crippen LogP contribution is 2.22. The van der Waals surface area contributed by atoms with E-state index in [0.717, 1.165) is 37.7 Å². The Balaban J connectivity index is 1.67. The molecule has 192 valence electrons. The summed E-state index contributed by atoms with van der Waals surface area (Å²) in [6.45, 7) is 6.71. The van der Waals surface area contributed by atoms with Gasteiger partial charge in [0, 0.05) is 12.5 Å². The summed E-state index contributed by atoms with van der Waals surface area (Å²) >= 11 is 0. The summed E-state index contributed by atoms with van der Waals surface area (Å²) in [6, 6.07) is 0. The molecule has 0 saturated carbocycles. The molecule has 0 unspecified atom stereocenters. The average molecular weight is 485 g/mol. The number of carbonyl (C=O) groups is 1. The zero-order chi connectivity index (χ0) is 25.0. The first kappa shape index (κ1) is 27.3. The molecule has 0 amide bonds. The van der Waals surface area contributed by atoms with E-state index in [4.69, 9.17) is 14.2 Å². The van der Waals surface area contributed by atoms with Gasteiger partial charge in [0.2, 0.25) is 0 Å². The lowest BCUT2D eigenvalue weighted by atomic mass is 9.99. The molecule has 0 saturated heterocycles. The predicted molar refractivity (Wildman–Crippen MR) is 137 cm³/mol. The Bertz CT molecular complexity index is 851. The van der Waals surface area contributed by atoms with Crippen LogP contribution >= 0.6 is 0 Å². The lowest BCUT2D eigenvalue weighted by Gasteiger charge is -2.25. The maximum absolute atomic E-state index is 12.5. The van der Waals surface area contributed by atoms with E-state index in [-0.39, 0.29) is 24.7 Å². The van der Waals surface area contributed by atoms with Crippen molar-refractivity contribution in [1.29, 1.82) is 0 Å². The minimum atomic E-state index is -1.00. The Labute approximate surface area is 209 Å². The van der Waals surface area contributed by atoms with E-state index in [2.05, 4.69) is 19.6 Å². The minimum absolute atomic E-state index is 0.0676. The monoisotopic (exact) mass is 484 g/mol. The molecule has 6 nitrogen and oxygen atoms in total. The minimum Gasteiger partial charge on any atom is -0.456 e. The molecule has 0 aromatic carbocycles. The predicted octanol–water partition coefficient (Wildman–Crippen LogP) is 4.65. The van der Waals surface area contributed by atoms with E-state index >= 15 is 0 Å². The standard InChI is InChI=1S/C29H40O6/c1-21-7-3-9-24-10-5-11-25(34-24)12-6-14-29(32)35-28(13-4-8-23(30)19-21)27(31)16-15-26-20-22(2)17-18-33-26/h4-6,8,11,14-17,23-28,30-31H,1,3,7,9-10,12-13,18-20H2,2H3/b8-4+,14-6+,16-15?/t23-,24-,25+,26-,27+,28+/m1/s1. The smallest absolute Gasteiger partial charge is 0.330 e. The molecule has 0 aromatic heterocycles. The summed E-state index contributed by atoms with van der Waals surface area (Å²) in [5.41, 5.74) is 2.24. The number of esters is 1. The van der Waals surface area contributed by atoms with Crippen LogP contribution in [-0.2, 0) is 19.0 Å². The van der Waals surface area contributed by atoms with Crippen LogP contribution in [0.1, 0.15) is 58.3 Å². The van der Waals surface area contributed by atoms with Crippen molar-refractivity contribution in [1.82, 2.24) is 0 Å². The van der Waals surface area contributed by atoms with E-state index in [0.29, 0.717) is 19.4 Å². The molecule has 0 aromatic rings. The van der Waals surface area contributed by atoms with Crippen LogP contribution in [0.25, 0.3) is 0 Å². The molecule has 3 aliphatic rings. The van der Waals surface area contributed by atoms with Crippen LogP contribution in [0.4, 0.5) is 0 Å². The van der Waals surface area contributed by atoms with Crippen molar-refractivity contribution in [3.05, 3.63) is 72.4 Å². The second-order valence-corrected chi connectivity index (χ2v) is 9.65. The molecule has 6 atom stereocenters. The summed E-state index contributed by atoms with van der Waals surface area (Å²) in [7, 11) is 0. The van der Waals surface area contributed by atoms with Gasteiger partial charge in [-0.05, 0) is 51.9 Å². The van der Waals surface area contributed by atoms with Gasteiger partial charge in [-0.2, -0.15) is 0 Å². The van der Waals surface area contributed by atoms with Crippen LogP contribution in [0, 0.1) is 0 Å². The normalized spacial score (nSPS) is 34.4. The summed E-state index contributed by atoms with van der Waals surface area (Å²) in [5, 5.41) is 21.2. The van der Waals surface area contributed by atoms with Crippen LogP contribution in [-0.4, -0.2) is 59.4 Å². The lowest BCUT2D eigenvalue weighted by molar-refractivity contribution is -0.147. The Morgan fingerprint density at radius 2 is 1.97 bits per heavy atom. The summed E-state index contributed by atoms with van der Waals surface area (Å²) < 4.78 is 17.4. The van der Waals surface area contributed by atoms with Crippen LogP contribution < -0.4 is 0 Å². The third-order valence-corrected chi connectivity index (χ3v) is 6.46. The Morgan fingerprint density at radius 1 is 1.14 bits per heavy atom. The molecule has 2 N–H and O–H groups in total. The van der Waals surface area contributed by atoms with Gasteiger partial charge in [-0.15, -0.1) is 0 Å². The zero-order valence-corrected chi connectivity index (χ0v) is 20.8. The van der Waals surface area contributed by atoms with Crippen molar-refractivity contribution < 1.29 is 29.2 Å². The fraction of sp³-hybridized carbons (Fsp3) is 0.552. The molecule has 6 heteroatoms. The highest BCUT2D eigenvalue weighted by Gasteiger charge is 2.22. The average Bonchev–Trinajstić information content (AvgIpc) is 2.81. The molecule has 3 heterocycles. The van der Waals surface area contributed by atoms with Gasteiger partial charge >= 0.3 is 5.97 Å². The number of rotatable bonds is 3. The molecule has 0 spiro atoms. The number of aliphatic hydroxyl groups excluding tert-OH is 2. The number of carbonyl (C=O) groups excluding carboxylic acids is 1. The second kappa shape index (κ2) is 14.3. The first-order valence-electron chi connectivity index (χ1n) is 12.7. The number of hydrogen-bond acceptors (Lipinski definition) is 6. The second-order valence-electron chi connectivity index (χ2n) is 9.65. The van der Waals surface area contributed by atoms with Gasteiger partial charge in [0.05, 0.1) is 31.0 Å². The van der Waals surface area contributed by atoms with E-state index in [1.165, 1.54) is 11.6 Å². The van der Waals surface area contributed by atoms with Gasteiger partial charge in [0.15, 0.2) is 0 Å². The Kier molecular flexibility index (Phi) is 11.2. The first-order valence-corrected chi connectivity index (χ1v) is 12.7. The molecule has 0 radical (unpaired) electrons. The van der Waals surface area contributed by atoms with Crippen LogP contribution in [0.5, 0.6) is 0 Å². The van der Waals surface area contributed by atoms with E-state index in [1.54, 1.807) is 24.3 Å². The van der Waals surface area contributed by atoms with Crippen molar-refractivity contribution in [2.75, 3.05) is 6.61 Å². The first-order chi connectivity index (χ1) is 16.9. The van der Waals surface area contributed by atoms with E-state index in [1.807, 2.05) is 18.2 Å². The van der Waals surface area contributed by atoms with Crippen LogP contribution in [0.2, 0.25) is 0 Å². The van der Waals surface area contributed by atoms with Gasteiger partial charge in [0.1, 0.15) is 12.2 Å². The number of cyclic esters (lactones) is 1. The molecule has 3 aliphatic heterocycles. The third-order valence-electron chi connectivity index (χ3n) is 6.46. The van der Waals surface area contributed by atoms with Crippen molar-refractivity contribution >= 4 is 5.97 Å². The van der Waals surface area contributed by atoms with Gasteiger partial charge in [-0.3, -0.25) is 0 Å². The molecule has 3 rings (SSSR count). The van der Waals surface area contributed by atoms with E-state index in [9.17, 15) is 15.0 Å². The van der Waals surface area contributed by atoms with Gasteiger partial charge < -0.3 is 24.4 Å². The number of aliphatic hydroxyl groups is 2. The molecular formula is C29H40O6. The van der Waals surface area contributed by atoms with Gasteiger partial charge in [-0.25, -0.2) is 4.79 Å². The maximum atomic E-state index is 12.5. The van der Waals surface area contributed by atoms with Crippen molar-refractivity contribution in [2.24, 2.45) is 0 Å². The molecule has 35 heavy (non-hydrogen) atoms. The quantitative estimate of drug-likeness (QED) is 0.448. The number of ether oxygens (including phenoxy) is 3. The van der Waals surface area contributed by atoms with Crippen molar-refractivity contribution in [3.8, 4) is 0 Å². The third kappa shape index (κ3) is 10.1. The largest absolute Gasteiger partial charge is 0.456 e. The van der Waals surface area contributed by atoms with E-state index < -0.39 is 24.3 Å². The van der Waals surface area contributed by atoms with Gasteiger partial charge in [-0.1, -0.05) is 66.3 Å². The topological polar surface area (TPSA) is 85.2 Å². The molecular weight excluding hydrogens is 444 g/mol. The Hall–Kier alpha value is -2.25. The fourth-order valence-corrected chi connectivity index (χ4v) is 4.47. The summed E-state index contributed by atoms with van der Waals surface area (Å²) in [5.74, 6) is -0.519. The highest BCUT2D eigenvalue weighted by molar-refractivity contribution is 5.82. The zero-order valence-electron chi connectivity index (χ0n) is 20.8. The fourth-order valence-electron chi connectivity index (χ4n) is 4.47. The molecule has 0 aliphatic carbocycles. The van der Waals surface area contributed by atoms with Crippen molar-refractivity contribution in [2.45, 2.75) is 94.9 Å². The number of fused-ring (bicyclic) bond motifs is 2. The molecule has 0 fully saturated rings. The summed E-state index contributed by atoms with van der Waals surface area (Å²) in [4.78, 5) is 12.5. The summed E-state index contributed by atoms with van der Waals surface area (Å²) in [6.07, 6.45) is 19.5. The van der Waals surface area contributed by atoms with Crippen LogP contribution in [0.15, 0.2) is 72.4 Å². The molecule has 2 bridgehead atoms.